The third-order valence-electron chi connectivity index (χ3n) is 3.09. The van der Waals surface area contributed by atoms with Crippen LogP contribution in [0.25, 0.3) is 0 Å². The number of halogens is 3. The molecule has 1 saturated heterocycles. The van der Waals surface area contributed by atoms with Crippen molar-refractivity contribution >= 4 is 15.9 Å². The second-order valence-corrected chi connectivity index (χ2v) is 6.19. The van der Waals surface area contributed by atoms with Gasteiger partial charge < -0.3 is 30.3 Å². The monoisotopic (exact) mass is 370 g/mol. The molecule has 1 rings (SSSR count). The van der Waals surface area contributed by atoms with E-state index in [-0.39, 0.29) is 0 Å². The molecule has 1 aliphatic heterocycles. The molecular formula is C9H13F3O10S. The maximum absolute atomic E-state index is 12.4. The van der Waals surface area contributed by atoms with E-state index in [9.17, 15) is 46.8 Å². The van der Waals surface area contributed by atoms with Gasteiger partial charge in [-0.3, -0.25) is 4.79 Å². The Labute approximate surface area is 126 Å². The highest BCUT2D eigenvalue weighted by Gasteiger charge is 2.71. The second-order valence-electron chi connectivity index (χ2n) is 4.65. The minimum atomic E-state index is -6.62. The summed E-state index contributed by atoms with van der Waals surface area (Å²) in [5, 5.41) is 47.9. The summed E-state index contributed by atoms with van der Waals surface area (Å²) in [6, 6.07) is 0. The van der Waals surface area contributed by atoms with Gasteiger partial charge in [-0.05, 0) is 0 Å². The van der Waals surface area contributed by atoms with Crippen LogP contribution < -0.4 is 0 Å². The summed E-state index contributed by atoms with van der Waals surface area (Å²) in [6.45, 7) is -0.677. The highest BCUT2D eigenvalue weighted by Crippen LogP contribution is 2.41. The fraction of sp³-hybridized carbons (Fsp3) is 0.889. The van der Waals surface area contributed by atoms with Crippen LogP contribution in [0.2, 0.25) is 0 Å². The SMILES string of the molecule is CC(=O)[C@@]1(O)O[C@H](CO)[C@@H](O)[C@H](O)[C@]1(O)OS(=O)(=O)C(F)(F)F. The molecule has 0 aliphatic carbocycles. The van der Waals surface area contributed by atoms with Crippen molar-refractivity contribution in [3.8, 4) is 0 Å². The van der Waals surface area contributed by atoms with Crippen LogP contribution in [0.3, 0.4) is 0 Å². The first-order valence-electron chi connectivity index (χ1n) is 5.76. The largest absolute Gasteiger partial charge is 0.523 e. The molecule has 14 heteroatoms. The minimum absolute atomic E-state index is 0.466. The Kier molecular flexibility index (Phi) is 5.17. The Morgan fingerprint density at radius 2 is 1.78 bits per heavy atom. The van der Waals surface area contributed by atoms with Gasteiger partial charge in [-0.2, -0.15) is 21.6 Å². The van der Waals surface area contributed by atoms with Gasteiger partial charge in [0.2, 0.25) is 0 Å². The Morgan fingerprint density at radius 1 is 1.30 bits per heavy atom. The number of ketones is 1. The Balaban J connectivity index is 3.46. The molecule has 0 spiro atoms. The van der Waals surface area contributed by atoms with E-state index in [4.69, 9.17) is 5.11 Å². The molecule has 0 aromatic carbocycles. The average Bonchev–Trinajstić information content (AvgIpc) is 2.39. The quantitative estimate of drug-likeness (QED) is 0.194. The van der Waals surface area contributed by atoms with Crippen molar-refractivity contribution in [2.45, 2.75) is 42.3 Å². The summed E-state index contributed by atoms with van der Waals surface area (Å²) in [5.41, 5.74) is -6.08. The zero-order valence-corrected chi connectivity index (χ0v) is 12.1. The van der Waals surface area contributed by atoms with Gasteiger partial charge >= 0.3 is 15.6 Å². The van der Waals surface area contributed by atoms with Gasteiger partial charge in [0.15, 0.2) is 5.78 Å². The van der Waals surface area contributed by atoms with Gasteiger partial charge in [-0.25, -0.2) is 4.18 Å². The summed E-state index contributed by atoms with van der Waals surface area (Å²) >= 11 is 0. The number of hydrogen-bond donors (Lipinski definition) is 5. The maximum Gasteiger partial charge on any atom is 0.523 e. The Hall–Kier alpha value is -0.870. The van der Waals surface area contributed by atoms with Crippen LogP contribution in [0.4, 0.5) is 13.2 Å². The van der Waals surface area contributed by atoms with E-state index in [1.54, 1.807) is 0 Å². The molecule has 10 nitrogen and oxygen atoms in total. The van der Waals surface area contributed by atoms with Crippen molar-refractivity contribution in [1.29, 1.82) is 0 Å². The van der Waals surface area contributed by atoms with E-state index < -0.39 is 57.9 Å². The van der Waals surface area contributed by atoms with Gasteiger partial charge in [0, 0.05) is 6.92 Å². The zero-order valence-electron chi connectivity index (χ0n) is 11.3. The number of carbonyl (C=O) groups excluding carboxylic acids is 1. The molecule has 1 fully saturated rings. The zero-order chi connectivity index (χ0) is 18.4. The molecule has 1 aliphatic rings. The van der Waals surface area contributed by atoms with Crippen molar-refractivity contribution in [3.05, 3.63) is 0 Å². The summed E-state index contributed by atoms with van der Waals surface area (Å²) < 4.78 is 66.9. The van der Waals surface area contributed by atoms with Crippen molar-refractivity contribution in [2.75, 3.05) is 6.61 Å². The van der Waals surface area contributed by atoms with Crippen LogP contribution in [0.1, 0.15) is 6.92 Å². The van der Waals surface area contributed by atoms with Crippen molar-refractivity contribution in [2.24, 2.45) is 0 Å². The van der Waals surface area contributed by atoms with E-state index >= 15 is 0 Å². The summed E-state index contributed by atoms with van der Waals surface area (Å²) in [7, 11) is -6.62. The predicted molar refractivity (Wildman–Crippen MR) is 60.6 cm³/mol. The number of hydrogen-bond acceptors (Lipinski definition) is 10. The number of ether oxygens (including phenoxy) is 1. The molecular weight excluding hydrogens is 357 g/mol. The van der Waals surface area contributed by atoms with Gasteiger partial charge in [-0.15, -0.1) is 0 Å². The molecule has 0 saturated carbocycles. The maximum atomic E-state index is 12.4. The molecule has 5 N–H and O–H groups in total. The molecule has 0 radical (unpaired) electrons. The Morgan fingerprint density at radius 3 is 2.13 bits per heavy atom. The number of aliphatic hydroxyl groups is 5. The molecule has 23 heavy (non-hydrogen) atoms. The van der Waals surface area contributed by atoms with Crippen molar-refractivity contribution in [1.82, 2.24) is 0 Å². The van der Waals surface area contributed by atoms with Crippen LogP contribution in [-0.2, 0) is 23.8 Å². The molecule has 0 amide bonds. The fourth-order valence-electron chi connectivity index (χ4n) is 1.81. The lowest BCUT2D eigenvalue weighted by Gasteiger charge is -2.49. The first-order valence-corrected chi connectivity index (χ1v) is 7.17. The summed E-state index contributed by atoms with van der Waals surface area (Å²) in [5.74, 6) is -9.71. The molecule has 0 aromatic heterocycles. The highest BCUT2D eigenvalue weighted by atomic mass is 32.2. The summed E-state index contributed by atoms with van der Waals surface area (Å²) in [4.78, 5) is 11.4. The van der Waals surface area contributed by atoms with Crippen LogP contribution >= 0.6 is 0 Å². The van der Waals surface area contributed by atoms with Gasteiger partial charge in [-0.1, -0.05) is 0 Å². The van der Waals surface area contributed by atoms with Crippen LogP contribution in [0.15, 0.2) is 0 Å². The summed E-state index contributed by atoms with van der Waals surface area (Å²) in [6.07, 6.45) is -7.29. The third-order valence-corrected chi connectivity index (χ3v) is 4.13. The number of aliphatic hydroxyl groups excluding tert-OH is 3. The van der Waals surface area contributed by atoms with Gasteiger partial charge in [0.25, 0.3) is 11.6 Å². The number of rotatable bonds is 4. The normalized spacial score (nSPS) is 39.3. The van der Waals surface area contributed by atoms with Gasteiger partial charge in [0.1, 0.15) is 18.3 Å². The third kappa shape index (κ3) is 3.08. The standard InChI is InChI=1S/C9H13F3O10S/c1-3(14)7(17)8(18,22-23(19,20)9(10,11)12)6(16)5(15)4(2-13)21-7/h4-6,13,15-18H,2H2,1H3/t4-,5-,6+,7-,8+/m1/s1. The molecule has 1 heterocycles. The molecule has 0 unspecified atom stereocenters. The van der Waals surface area contributed by atoms with Crippen LogP contribution in [0.5, 0.6) is 0 Å². The smallest absolute Gasteiger partial charge is 0.394 e. The fourth-order valence-corrected chi connectivity index (χ4v) is 2.45. The van der Waals surface area contributed by atoms with Crippen LogP contribution in [0, 0.1) is 0 Å². The molecule has 5 atom stereocenters. The lowest BCUT2D eigenvalue weighted by molar-refractivity contribution is -0.419. The molecule has 136 valence electrons. The van der Waals surface area contributed by atoms with E-state index in [1.807, 2.05) is 0 Å². The topological polar surface area (TPSA) is 171 Å². The highest BCUT2D eigenvalue weighted by molar-refractivity contribution is 7.87. The lowest BCUT2D eigenvalue weighted by atomic mass is 9.87. The molecule has 0 aromatic rings. The van der Waals surface area contributed by atoms with Gasteiger partial charge in [0.05, 0.1) is 6.61 Å². The number of carbonyl (C=O) groups is 1. The average molecular weight is 370 g/mol. The first kappa shape index (κ1) is 20.2. The lowest BCUT2D eigenvalue weighted by Crippen LogP contribution is -2.76. The Bertz CT molecular complexity index is 577. The van der Waals surface area contributed by atoms with Crippen molar-refractivity contribution in [3.63, 3.8) is 0 Å². The van der Waals surface area contributed by atoms with E-state index in [2.05, 4.69) is 8.92 Å². The van der Waals surface area contributed by atoms with E-state index in [0.717, 1.165) is 0 Å². The first-order chi connectivity index (χ1) is 10.1. The minimum Gasteiger partial charge on any atom is -0.394 e. The van der Waals surface area contributed by atoms with E-state index in [1.165, 1.54) is 0 Å². The second kappa shape index (κ2) is 5.89. The number of alkyl halides is 3. The predicted octanol–water partition coefficient (Wildman–Crippen LogP) is -3.07. The molecule has 0 bridgehead atoms. The van der Waals surface area contributed by atoms with E-state index in [0.29, 0.717) is 6.92 Å². The van der Waals surface area contributed by atoms with Crippen LogP contribution in [-0.4, -0.2) is 81.7 Å². The number of Topliss-reactive ketones (excluding diaryl/α,β-unsaturated/α-hetero) is 1. The van der Waals surface area contributed by atoms with Crippen molar-refractivity contribution < 1.29 is 60.8 Å².